The van der Waals surface area contributed by atoms with Crippen molar-refractivity contribution in [2.75, 3.05) is 20.1 Å². The summed E-state index contributed by atoms with van der Waals surface area (Å²) >= 11 is 5.60. The van der Waals surface area contributed by atoms with Crippen LogP contribution in [0.5, 0.6) is 0 Å². The lowest BCUT2D eigenvalue weighted by atomic mass is 10.0. The maximum Gasteiger partial charge on any atom is 0.228 e. The molecule has 1 aliphatic rings. The lowest BCUT2D eigenvalue weighted by Crippen LogP contribution is -2.50. The van der Waals surface area contributed by atoms with Gasteiger partial charge in [-0.25, -0.2) is 4.39 Å². The summed E-state index contributed by atoms with van der Waals surface area (Å²) in [4.78, 5) is 13.5. The SMILES string of the molecule is CN(Cc1ccc(Cl)c(F)c1)C(=O)C1CNC1. The van der Waals surface area contributed by atoms with E-state index in [1.807, 2.05) is 0 Å². The molecule has 3 nitrogen and oxygen atoms in total. The van der Waals surface area contributed by atoms with Crippen molar-refractivity contribution in [2.24, 2.45) is 5.92 Å². The number of rotatable bonds is 3. The van der Waals surface area contributed by atoms with Crippen molar-refractivity contribution in [1.29, 1.82) is 0 Å². The lowest BCUT2D eigenvalue weighted by molar-refractivity contribution is -0.136. The van der Waals surface area contributed by atoms with Crippen molar-refractivity contribution in [2.45, 2.75) is 6.54 Å². The van der Waals surface area contributed by atoms with E-state index < -0.39 is 5.82 Å². The molecule has 17 heavy (non-hydrogen) atoms. The molecule has 1 aromatic carbocycles. The molecule has 0 spiro atoms. The quantitative estimate of drug-likeness (QED) is 0.892. The zero-order valence-electron chi connectivity index (χ0n) is 9.54. The molecule has 0 atom stereocenters. The highest BCUT2D eigenvalue weighted by molar-refractivity contribution is 6.30. The monoisotopic (exact) mass is 256 g/mol. The molecule has 0 aromatic heterocycles. The fraction of sp³-hybridized carbons (Fsp3) is 0.417. The Morgan fingerprint density at radius 3 is 2.82 bits per heavy atom. The average Bonchev–Trinajstić information content (AvgIpc) is 2.21. The first-order chi connectivity index (χ1) is 8.08. The number of nitrogens with zero attached hydrogens (tertiary/aromatic N) is 1. The molecule has 2 rings (SSSR count). The predicted molar refractivity (Wildman–Crippen MR) is 64.2 cm³/mol. The largest absolute Gasteiger partial charge is 0.341 e. The molecule has 92 valence electrons. The van der Waals surface area contributed by atoms with Crippen LogP contribution in [-0.2, 0) is 11.3 Å². The molecule has 0 unspecified atom stereocenters. The average molecular weight is 257 g/mol. The standard InChI is InChI=1S/C12H14ClFN2O/c1-16(12(17)9-5-15-6-9)7-8-2-3-10(13)11(14)4-8/h2-4,9,15H,5-7H2,1H3. The number of hydrogen-bond donors (Lipinski definition) is 1. The van der Waals surface area contributed by atoms with Crippen LogP contribution in [0.4, 0.5) is 4.39 Å². The first-order valence-electron chi connectivity index (χ1n) is 5.47. The van der Waals surface area contributed by atoms with E-state index in [0.717, 1.165) is 18.7 Å². The maximum atomic E-state index is 13.2. The van der Waals surface area contributed by atoms with E-state index in [9.17, 15) is 9.18 Å². The topological polar surface area (TPSA) is 32.3 Å². The first kappa shape index (κ1) is 12.3. The number of benzene rings is 1. The Hall–Kier alpha value is -1.13. The number of hydrogen-bond acceptors (Lipinski definition) is 2. The van der Waals surface area contributed by atoms with Crippen LogP contribution in [0.3, 0.4) is 0 Å². The van der Waals surface area contributed by atoms with Gasteiger partial charge >= 0.3 is 0 Å². The van der Waals surface area contributed by atoms with Crippen LogP contribution in [0.15, 0.2) is 18.2 Å². The number of nitrogens with one attached hydrogen (secondary N) is 1. The Bertz CT molecular complexity index is 435. The molecule has 1 aliphatic heterocycles. The van der Waals surface area contributed by atoms with Crippen LogP contribution in [0, 0.1) is 11.7 Å². The summed E-state index contributed by atoms with van der Waals surface area (Å²) in [5.41, 5.74) is 0.745. The van der Waals surface area contributed by atoms with Crippen molar-refractivity contribution in [3.63, 3.8) is 0 Å². The van der Waals surface area contributed by atoms with Gasteiger partial charge in [0.15, 0.2) is 0 Å². The van der Waals surface area contributed by atoms with Gasteiger partial charge in [0.2, 0.25) is 5.91 Å². The fourth-order valence-electron chi connectivity index (χ4n) is 1.76. The van der Waals surface area contributed by atoms with Crippen LogP contribution in [0.2, 0.25) is 5.02 Å². The van der Waals surface area contributed by atoms with Crippen molar-refractivity contribution >= 4 is 17.5 Å². The summed E-state index contributed by atoms with van der Waals surface area (Å²) in [5.74, 6) is -0.286. The van der Waals surface area contributed by atoms with E-state index in [0.29, 0.717) is 6.54 Å². The Kier molecular flexibility index (Phi) is 3.64. The van der Waals surface area contributed by atoms with Crippen LogP contribution < -0.4 is 5.32 Å². The molecular weight excluding hydrogens is 243 g/mol. The molecule has 0 bridgehead atoms. The highest BCUT2D eigenvalue weighted by atomic mass is 35.5. The van der Waals surface area contributed by atoms with E-state index in [1.165, 1.54) is 12.1 Å². The molecule has 0 aliphatic carbocycles. The molecule has 1 saturated heterocycles. The van der Waals surface area contributed by atoms with Gasteiger partial charge in [0, 0.05) is 26.7 Å². The third kappa shape index (κ3) is 2.76. The maximum absolute atomic E-state index is 13.2. The molecule has 0 radical (unpaired) electrons. The minimum Gasteiger partial charge on any atom is -0.341 e. The van der Waals surface area contributed by atoms with E-state index in [1.54, 1.807) is 18.0 Å². The second-order valence-electron chi connectivity index (χ2n) is 4.30. The van der Waals surface area contributed by atoms with Gasteiger partial charge in [-0.05, 0) is 17.7 Å². The van der Waals surface area contributed by atoms with Gasteiger partial charge in [-0.1, -0.05) is 17.7 Å². The summed E-state index contributed by atoms with van der Waals surface area (Å²) in [7, 11) is 1.73. The Morgan fingerprint density at radius 2 is 2.29 bits per heavy atom. The highest BCUT2D eigenvalue weighted by Crippen LogP contribution is 2.17. The second-order valence-corrected chi connectivity index (χ2v) is 4.71. The summed E-state index contributed by atoms with van der Waals surface area (Å²) in [6.07, 6.45) is 0. The normalized spacial score (nSPS) is 15.5. The van der Waals surface area contributed by atoms with E-state index in [2.05, 4.69) is 5.32 Å². The van der Waals surface area contributed by atoms with E-state index >= 15 is 0 Å². The third-order valence-electron chi connectivity index (χ3n) is 2.91. The predicted octanol–water partition coefficient (Wildman–Crippen LogP) is 1.66. The first-order valence-corrected chi connectivity index (χ1v) is 5.85. The van der Waals surface area contributed by atoms with Crippen LogP contribution in [-0.4, -0.2) is 30.9 Å². The van der Waals surface area contributed by atoms with Crippen LogP contribution in [0.1, 0.15) is 5.56 Å². The zero-order valence-corrected chi connectivity index (χ0v) is 10.3. The summed E-state index contributed by atoms with van der Waals surface area (Å²) < 4.78 is 13.2. The van der Waals surface area contributed by atoms with Gasteiger partial charge in [-0.3, -0.25) is 4.79 Å². The highest BCUT2D eigenvalue weighted by Gasteiger charge is 2.27. The zero-order chi connectivity index (χ0) is 12.4. The van der Waals surface area contributed by atoms with Gasteiger partial charge in [0.25, 0.3) is 0 Å². The molecule has 0 saturated carbocycles. The Balaban J connectivity index is 1.99. The van der Waals surface area contributed by atoms with Crippen molar-refractivity contribution in [3.8, 4) is 0 Å². The van der Waals surface area contributed by atoms with Crippen molar-refractivity contribution in [1.82, 2.24) is 10.2 Å². The number of amides is 1. The minimum atomic E-state index is -0.449. The lowest BCUT2D eigenvalue weighted by Gasteiger charge is -2.30. The summed E-state index contributed by atoms with van der Waals surface area (Å²) in [5, 5.41) is 3.16. The van der Waals surface area contributed by atoms with Crippen molar-refractivity contribution in [3.05, 3.63) is 34.6 Å². The van der Waals surface area contributed by atoms with Crippen molar-refractivity contribution < 1.29 is 9.18 Å². The van der Waals surface area contributed by atoms with Gasteiger partial charge in [0.05, 0.1) is 10.9 Å². The van der Waals surface area contributed by atoms with Gasteiger partial charge in [0.1, 0.15) is 5.82 Å². The summed E-state index contributed by atoms with van der Waals surface area (Å²) in [6, 6.07) is 4.61. The molecule has 1 aromatic rings. The molecule has 1 fully saturated rings. The van der Waals surface area contributed by atoms with Gasteiger partial charge in [-0.15, -0.1) is 0 Å². The Morgan fingerprint density at radius 1 is 1.59 bits per heavy atom. The molecule has 1 amide bonds. The second kappa shape index (κ2) is 5.02. The number of carbonyl (C=O) groups excluding carboxylic acids is 1. The molecular formula is C12H14ClFN2O. The van der Waals surface area contributed by atoms with E-state index in [4.69, 9.17) is 11.6 Å². The number of halogens is 2. The molecule has 5 heteroatoms. The van der Waals surface area contributed by atoms with Gasteiger partial charge < -0.3 is 10.2 Å². The van der Waals surface area contributed by atoms with Crippen LogP contribution in [0.25, 0.3) is 0 Å². The Labute approximate surface area is 105 Å². The smallest absolute Gasteiger partial charge is 0.228 e. The molecule has 1 heterocycles. The third-order valence-corrected chi connectivity index (χ3v) is 3.22. The molecule has 1 N–H and O–H groups in total. The summed E-state index contributed by atoms with van der Waals surface area (Å²) in [6.45, 7) is 1.87. The van der Waals surface area contributed by atoms with E-state index in [-0.39, 0.29) is 16.8 Å². The van der Waals surface area contributed by atoms with Crippen LogP contribution >= 0.6 is 11.6 Å². The number of carbonyl (C=O) groups is 1. The minimum absolute atomic E-state index is 0.0668. The van der Waals surface area contributed by atoms with Gasteiger partial charge in [-0.2, -0.15) is 0 Å². The fourth-order valence-corrected chi connectivity index (χ4v) is 1.88.